The number of esters is 1. The van der Waals surface area contributed by atoms with Crippen molar-refractivity contribution in [3.05, 3.63) is 46.8 Å². The molecule has 26 heavy (non-hydrogen) atoms. The van der Waals surface area contributed by atoms with Crippen LogP contribution in [0.2, 0.25) is 5.02 Å². The van der Waals surface area contributed by atoms with E-state index in [1.54, 1.807) is 35.7 Å². The fraction of sp³-hybridized carbons (Fsp3) is 0.250. The molecule has 0 spiro atoms. The Morgan fingerprint density at radius 3 is 2.69 bits per heavy atom. The molecule has 7 nitrogen and oxygen atoms in total. The van der Waals surface area contributed by atoms with Gasteiger partial charge in [0.15, 0.2) is 6.10 Å². The minimum atomic E-state index is -3.63. The molecule has 1 amide bonds. The second-order valence-corrected chi connectivity index (χ2v) is 8.59. The van der Waals surface area contributed by atoms with Crippen LogP contribution in [0.3, 0.4) is 0 Å². The van der Waals surface area contributed by atoms with Gasteiger partial charge in [-0.15, -0.1) is 11.3 Å². The van der Waals surface area contributed by atoms with Crippen molar-refractivity contribution in [1.29, 1.82) is 0 Å². The molecular weight excluding hydrogens is 400 g/mol. The van der Waals surface area contributed by atoms with Crippen LogP contribution in [0.1, 0.15) is 13.3 Å². The number of halogens is 1. The average molecular weight is 417 g/mol. The number of ether oxygens (including phenoxy) is 1. The van der Waals surface area contributed by atoms with Gasteiger partial charge in [-0.2, -0.15) is 0 Å². The minimum Gasteiger partial charge on any atom is -0.452 e. The molecule has 0 unspecified atom stereocenters. The summed E-state index contributed by atoms with van der Waals surface area (Å²) < 4.78 is 31.3. The molecule has 1 aromatic heterocycles. The summed E-state index contributed by atoms with van der Waals surface area (Å²) in [6, 6.07) is 9.64. The van der Waals surface area contributed by atoms with E-state index in [1.165, 1.54) is 13.0 Å². The number of amides is 1. The SMILES string of the molecule is C[C@@H](OC(=O)CCNS(=O)(=O)c1cccs1)C(=O)Nc1cccc(Cl)c1. The first-order valence-corrected chi connectivity index (χ1v) is 10.3. The zero-order valence-corrected chi connectivity index (χ0v) is 16.2. The third-order valence-electron chi connectivity index (χ3n) is 3.15. The predicted octanol–water partition coefficient (Wildman–Crippen LogP) is 2.64. The Bertz CT molecular complexity index is 869. The van der Waals surface area contributed by atoms with Crippen molar-refractivity contribution in [1.82, 2.24) is 4.72 Å². The lowest BCUT2D eigenvalue weighted by Crippen LogP contribution is -2.32. The van der Waals surface area contributed by atoms with Crippen LogP contribution in [0, 0.1) is 0 Å². The van der Waals surface area contributed by atoms with Gasteiger partial charge in [-0.25, -0.2) is 13.1 Å². The molecule has 0 saturated heterocycles. The number of sulfonamides is 1. The molecular formula is C16H17ClN2O5S2. The van der Waals surface area contributed by atoms with Gasteiger partial charge in [0.1, 0.15) is 4.21 Å². The van der Waals surface area contributed by atoms with E-state index in [-0.39, 0.29) is 17.2 Å². The Kier molecular flexibility index (Phi) is 7.15. The summed E-state index contributed by atoms with van der Waals surface area (Å²) in [6.07, 6.45) is -1.23. The van der Waals surface area contributed by atoms with Crippen LogP contribution in [0.4, 0.5) is 5.69 Å². The Labute approximate surface area is 160 Å². The fourth-order valence-corrected chi connectivity index (χ4v) is 4.15. The molecule has 10 heteroatoms. The van der Waals surface area contributed by atoms with Gasteiger partial charge in [-0.1, -0.05) is 23.7 Å². The maximum atomic E-state index is 12.0. The highest BCUT2D eigenvalue weighted by atomic mass is 35.5. The molecule has 140 valence electrons. The van der Waals surface area contributed by atoms with E-state index >= 15 is 0 Å². The first-order valence-electron chi connectivity index (χ1n) is 7.57. The Morgan fingerprint density at radius 2 is 2.04 bits per heavy atom. The molecule has 0 aliphatic carbocycles. The summed E-state index contributed by atoms with van der Waals surface area (Å²) in [6.45, 7) is 1.30. The zero-order chi connectivity index (χ0) is 19.2. The van der Waals surface area contributed by atoms with E-state index in [4.69, 9.17) is 16.3 Å². The van der Waals surface area contributed by atoms with Crippen molar-refractivity contribution in [2.24, 2.45) is 0 Å². The van der Waals surface area contributed by atoms with Crippen molar-refractivity contribution < 1.29 is 22.7 Å². The molecule has 0 aliphatic heterocycles. The number of hydrogen-bond acceptors (Lipinski definition) is 6. The van der Waals surface area contributed by atoms with Crippen LogP contribution in [-0.4, -0.2) is 32.9 Å². The Morgan fingerprint density at radius 1 is 1.27 bits per heavy atom. The lowest BCUT2D eigenvalue weighted by atomic mass is 10.3. The lowest BCUT2D eigenvalue weighted by molar-refractivity contribution is -0.152. The summed E-state index contributed by atoms with van der Waals surface area (Å²) in [7, 11) is -3.63. The molecule has 1 atom stereocenters. The van der Waals surface area contributed by atoms with Crippen LogP contribution >= 0.6 is 22.9 Å². The molecule has 1 heterocycles. The molecule has 0 saturated carbocycles. The Balaban J connectivity index is 1.77. The fourth-order valence-electron chi connectivity index (χ4n) is 1.89. The van der Waals surface area contributed by atoms with Crippen LogP contribution in [0.25, 0.3) is 0 Å². The van der Waals surface area contributed by atoms with E-state index in [0.717, 1.165) is 11.3 Å². The summed E-state index contributed by atoms with van der Waals surface area (Å²) in [5.41, 5.74) is 0.481. The number of nitrogens with one attached hydrogen (secondary N) is 2. The number of anilines is 1. The van der Waals surface area contributed by atoms with Gasteiger partial charge in [0, 0.05) is 17.3 Å². The highest BCUT2D eigenvalue weighted by molar-refractivity contribution is 7.91. The van der Waals surface area contributed by atoms with Crippen molar-refractivity contribution in [3.8, 4) is 0 Å². The minimum absolute atomic E-state index is 0.123. The van der Waals surface area contributed by atoms with Crippen molar-refractivity contribution in [3.63, 3.8) is 0 Å². The smallest absolute Gasteiger partial charge is 0.307 e. The topological polar surface area (TPSA) is 102 Å². The number of thiophene rings is 1. The summed E-state index contributed by atoms with van der Waals surface area (Å²) in [5.74, 6) is -1.20. The lowest BCUT2D eigenvalue weighted by Gasteiger charge is -2.14. The third-order valence-corrected chi connectivity index (χ3v) is 6.24. The quantitative estimate of drug-likeness (QED) is 0.644. The number of carbonyl (C=O) groups is 2. The first-order chi connectivity index (χ1) is 12.3. The van der Waals surface area contributed by atoms with Gasteiger partial charge in [0.05, 0.1) is 6.42 Å². The highest BCUT2D eigenvalue weighted by Gasteiger charge is 2.19. The van der Waals surface area contributed by atoms with Gasteiger partial charge in [0.2, 0.25) is 10.0 Å². The van der Waals surface area contributed by atoms with Crippen LogP contribution < -0.4 is 10.0 Å². The van der Waals surface area contributed by atoms with Crippen molar-refractivity contribution in [2.45, 2.75) is 23.7 Å². The van der Waals surface area contributed by atoms with Crippen LogP contribution in [0.15, 0.2) is 46.0 Å². The number of rotatable bonds is 8. The largest absolute Gasteiger partial charge is 0.452 e. The average Bonchev–Trinajstić information content (AvgIpc) is 3.10. The third kappa shape index (κ3) is 6.10. The molecule has 0 fully saturated rings. The van der Waals surface area contributed by atoms with Gasteiger partial charge in [-0.05, 0) is 36.6 Å². The number of carbonyl (C=O) groups excluding carboxylic acids is 2. The maximum Gasteiger partial charge on any atom is 0.307 e. The van der Waals surface area contributed by atoms with E-state index in [9.17, 15) is 18.0 Å². The van der Waals surface area contributed by atoms with Crippen LogP contribution in [0.5, 0.6) is 0 Å². The predicted molar refractivity (Wildman–Crippen MR) is 99.8 cm³/mol. The second-order valence-electron chi connectivity index (χ2n) is 5.21. The van der Waals surface area contributed by atoms with E-state index in [1.807, 2.05) is 0 Å². The molecule has 2 N–H and O–H groups in total. The van der Waals surface area contributed by atoms with E-state index < -0.39 is 28.0 Å². The molecule has 0 bridgehead atoms. The summed E-state index contributed by atoms with van der Waals surface area (Å²) in [5, 5.41) is 4.68. The van der Waals surface area contributed by atoms with Crippen LogP contribution in [-0.2, 0) is 24.3 Å². The maximum absolute atomic E-state index is 12.0. The monoisotopic (exact) mass is 416 g/mol. The van der Waals surface area contributed by atoms with E-state index in [2.05, 4.69) is 10.0 Å². The van der Waals surface area contributed by atoms with E-state index in [0.29, 0.717) is 10.7 Å². The Hall–Kier alpha value is -1.94. The summed E-state index contributed by atoms with van der Waals surface area (Å²) in [4.78, 5) is 23.8. The first kappa shape index (κ1) is 20.4. The normalized spacial score (nSPS) is 12.4. The van der Waals surface area contributed by atoms with Gasteiger partial charge >= 0.3 is 5.97 Å². The molecule has 2 rings (SSSR count). The zero-order valence-electron chi connectivity index (χ0n) is 13.8. The summed E-state index contributed by atoms with van der Waals surface area (Å²) >= 11 is 6.91. The van der Waals surface area contributed by atoms with Crippen molar-refractivity contribution in [2.75, 3.05) is 11.9 Å². The van der Waals surface area contributed by atoms with Crippen molar-refractivity contribution >= 4 is 50.5 Å². The number of benzene rings is 1. The van der Waals surface area contributed by atoms with Gasteiger partial charge < -0.3 is 10.1 Å². The van der Waals surface area contributed by atoms with Gasteiger partial charge in [0.25, 0.3) is 5.91 Å². The molecule has 0 radical (unpaired) electrons. The standard InChI is InChI=1S/C16H17ClN2O5S2/c1-11(16(21)19-13-5-2-4-12(17)10-13)24-14(20)7-8-18-26(22,23)15-6-3-9-25-15/h2-6,9-11,18H,7-8H2,1H3,(H,19,21)/t11-/m1/s1. The number of hydrogen-bond donors (Lipinski definition) is 2. The molecule has 2 aromatic rings. The second kappa shape index (κ2) is 9.13. The highest BCUT2D eigenvalue weighted by Crippen LogP contribution is 2.16. The molecule has 1 aromatic carbocycles. The molecule has 0 aliphatic rings. The van der Waals surface area contributed by atoms with Gasteiger partial charge in [-0.3, -0.25) is 9.59 Å².